The van der Waals surface area contributed by atoms with E-state index in [0.29, 0.717) is 23.6 Å². The van der Waals surface area contributed by atoms with E-state index in [-0.39, 0.29) is 12.5 Å². The number of imidazole rings is 1. The first kappa shape index (κ1) is 16.5. The van der Waals surface area contributed by atoms with Gasteiger partial charge in [0.15, 0.2) is 0 Å². The Kier molecular flexibility index (Phi) is 4.81. The van der Waals surface area contributed by atoms with Crippen molar-refractivity contribution in [3.8, 4) is 0 Å². The molecule has 0 saturated carbocycles. The molecule has 1 aromatic heterocycles. The van der Waals surface area contributed by atoms with Gasteiger partial charge in [0.2, 0.25) is 5.91 Å². The molecule has 1 amide bonds. The number of aromatic nitrogens is 2. The van der Waals surface area contributed by atoms with Crippen molar-refractivity contribution in [2.75, 3.05) is 7.05 Å². The van der Waals surface area contributed by atoms with Crippen molar-refractivity contribution in [1.82, 2.24) is 14.5 Å². The van der Waals surface area contributed by atoms with E-state index in [4.69, 9.17) is 11.6 Å². The zero-order valence-electron chi connectivity index (χ0n) is 13.2. The van der Waals surface area contributed by atoms with Crippen molar-refractivity contribution < 1.29 is 9.18 Å². The Hall–Kier alpha value is -2.40. The van der Waals surface area contributed by atoms with Gasteiger partial charge in [0, 0.05) is 37.1 Å². The molecule has 0 radical (unpaired) electrons. The molecule has 3 aromatic rings. The van der Waals surface area contributed by atoms with Crippen LogP contribution in [0.4, 0.5) is 4.39 Å². The van der Waals surface area contributed by atoms with Crippen molar-refractivity contribution in [3.63, 3.8) is 0 Å². The van der Waals surface area contributed by atoms with Gasteiger partial charge in [-0.15, -0.1) is 0 Å². The van der Waals surface area contributed by atoms with Crippen LogP contribution < -0.4 is 0 Å². The highest BCUT2D eigenvalue weighted by Gasteiger charge is 2.14. The molecule has 0 N–H and O–H groups in total. The summed E-state index contributed by atoms with van der Waals surface area (Å²) in [6, 6.07) is 12.3. The molecule has 0 bridgehead atoms. The van der Waals surface area contributed by atoms with Gasteiger partial charge in [0.05, 0.1) is 17.4 Å². The second-order valence-electron chi connectivity index (χ2n) is 5.63. The summed E-state index contributed by atoms with van der Waals surface area (Å²) in [5.41, 5.74) is 2.23. The van der Waals surface area contributed by atoms with Crippen molar-refractivity contribution in [1.29, 1.82) is 0 Å². The number of carbonyl (C=O) groups excluding carboxylic acids is 1. The molecule has 1 heterocycles. The van der Waals surface area contributed by atoms with E-state index < -0.39 is 5.82 Å². The highest BCUT2D eigenvalue weighted by Crippen LogP contribution is 2.20. The van der Waals surface area contributed by atoms with Crippen molar-refractivity contribution in [2.45, 2.75) is 19.5 Å². The smallest absolute Gasteiger partial charge is 0.224 e. The fourth-order valence-corrected chi connectivity index (χ4v) is 2.83. The molecule has 4 nitrogen and oxygen atoms in total. The third kappa shape index (κ3) is 3.41. The summed E-state index contributed by atoms with van der Waals surface area (Å²) in [6.07, 6.45) is 2.04. The number of hydrogen-bond donors (Lipinski definition) is 0. The number of para-hydroxylation sites is 2. The van der Waals surface area contributed by atoms with Crippen molar-refractivity contribution >= 4 is 28.5 Å². The molecule has 0 aliphatic heterocycles. The molecule has 0 spiro atoms. The fourth-order valence-electron chi connectivity index (χ4n) is 2.60. The first-order valence-corrected chi connectivity index (χ1v) is 8.01. The molecule has 0 unspecified atom stereocenters. The van der Waals surface area contributed by atoms with Gasteiger partial charge in [-0.1, -0.05) is 29.8 Å². The highest BCUT2D eigenvalue weighted by atomic mass is 35.5. The zero-order chi connectivity index (χ0) is 17.1. The standard InChI is InChI=1S/C18H17ClFN3O/c1-22(11-13-14(19)5-4-6-15(13)20)18(24)9-10-23-12-21-16-7-2-3-8-17(16)23/h2-8,12H,9-11H2,1H3. The van der Waals surface area contributed by atoms with E-state index in [9.17, 15) is 9.18 Å². The summed E-state index contributed by atoms with van der Waals surface area (Å²) in [6.45, 7) is 0.670. The average Bonchev–Trinajstić information content (AvgIpc) is 2.99. The van der Waals surface area contributed by atoms with E-state index in [1.165, 1.54) is 11.0 Å². The number of hydrogen-bond acceptors (Lipinski definition) is 2. The van der Waals surface area contributed by atoms with Crippen molar-refractivity contribution in [2.24, 2.45) is 0 Å². The van der Waals surface area contributed by atoms with Crippen LogP contribution in [0.3, 0.4) is 0 Å². The quantitative estimate of drug-likeness (QED) is 0.704. The summed E-state index contributed by atoms with van der Waals surface area (Å²) in [5.74, 6) is -0.477. The van der Waals surface area contributed by atoms with Gasteiger partial charge in [0.1, 0.15) is 5.82 Å². The topological polar surface area (TPSA) is 38.1 Å². The zero-order valence-corrected chi connectivity index (χ0v) is 14.0. The highest BCUT2D eigenvalue weighted by molar-refractivity contribution is 6.31. The van der Waals surface area contributed by atoms with Crippen LogP contribution in [0.2, 0.25) is 5.02 Å². The van der Waals surface area contributed by atoms with Crippen LogP contribution in [0.1, 0.15) is 12.0 Å². The number of rotatable bonds is 5. The Morgan fingerprint density at radius 2 is 2.04 bits per heavy atom. The lowest BCUT2D eigenvalue weighted by Gasteiger charge is -2.18. The number of aryl methyl sites for hydroxylation is 1. The number of carbonyl (C=O) groups is 1. The Morgan fingerprint density at radius 3 is 2.83 bits per heavy atom. The monoisotopic (exact) mass is 345 g/mol. The van der Waals surface area contributed by atoms with Crippen LogP contribution in [0.15, 0.2) is 48.8 Å². The largest absolute Gasteiger partial charge is 0.341 e. The molecule has 0 aliphatic rings. The number of fused-ring (bicyclic) bond motifs is 1. The molecule has 2 aromatic carbocycles. The molecule has 6 heteroatoms. The fraction of sp³-hybridized carbons (Fsp3) is 0.222. The normalized spacial score (nSPS) is 11.0. The molecule has 0 saturated heterocycles. The average molecular weight is 346 g/mol. The minimum Gasteiger partial charge on any atom is -0.341 e. The Bertz CT molecular complexity index is 857. The minimum absolute atomic E-state index is 0.0768. The lowest BCUT2D eigenvalue weighted by molar-refractivity contribution is -0.130. The lowest BCUT2D eigenvalue weighted by atomic mass is 10.2. The first-order valence-electron chi connectivity index (χ1n) is 7.63. The van der Waals surface area contributed by atoms with Gasteiger partial charge in [0.25, 0.3) is 0 Å². The van der Waals surface area contributed by atoms with E-state index in [0.717, 1.165) is 11.0 Å². The molecule has 0 atom stereocenters. The molecule has 0 aliphatic carbocycles. The minimum atomic E-state index is -0.400. The second-order valence-corrected chi connectivity index (χ2v) is 6.03. The maximum absolute atomic E-state index is 13.8. The van der Waals surface area contributed by atoms with Gasteiger partial charge >= 0.3 is 0 Å². The van der Waals surface area contributed by atoms with Gasteiger partial charge in [-0.2, -0.15) is 0 Å². The molecule has 124 valence electrons. The Balaban J connectivity index is 1.64. The second kappa shape index (κ2) is 7.01. The van der Waals surface area contributed by atoms with Gasteiger partial charge in [-0.25, -0.2) is 9.37 Å². The first-order chi connectivity index (χ1) is 11.6. The van der Waals surface area contributed by atoms with Gasteiger partial charge in [-0.3, -0.25) is 4.79 Å². The number of nitrogens with zero attached hydrogens (tertiary/aromatic N) is 3. The third-order valence-electron chi connectivity index (χ3n) is 3.98. The van der Waals surface area contributed by atoms with E-state index >= 15 is 0 Å². The predicted molar refractivity (Wildman–Crippen MR) is 92.2 cm³/mol. The summed E-state index contributed by atoms with van der Waals surface area (Å²) in [5, 5.41) is 0.329. The molecular weight excluding hydrogens is 329 g/mol. The maximum Gasteiger partial charge on any atom is 0.224 e. The van der Waals surface area contributed by atoms with Crippen LogP contribution >= 0.6 is 11.6 Å². The predicted octanol–water partition coefficient (Wildman–Crippen LogP) is 3.88. The van der Waals surface area contributed by atoms with Crippen molar-refractivity contribution in [3.05, 3.63) is 65.2 Å². The van der Waals surface area contributed by atoms with Crippen LogP contribution in [0.25, 0.3) is 11.0 Å². The van der Waals surface area contributed by atoms with Gasteiger partial charge < -0.3 is 9.47 Å². The SMILES string of the molecule is CN(Cc1c(F)cccc1Cl)C(=O)CCn1cnc2ccccc21. The summed E-state index contributed by atoms with van der Waals surface area (Å²) in [7, 11) is 1.65. The molecular formula is C18H17ClFN3O. The molecule has 24 heavy (non-hydrogen) atoms. The Labute approximate surface area is 144 Å². The van der Waals surface area contributed by atoms with Crippen LogP contribution in [-0.2, 0) is 17.9 Å². The van der Waals surface area contributed by atoms with E-state index in [2.05, 4.69) is 4.98 Å². The van der Waals surface area contributed by atoms with Crippen LogP contribution in [0, 0.1) is 5.82 Å². The van der Waals surface area contributed by atoms with Crippen LogP contribution in [-0.4, -0.2) is 27.4 Å². The van der Waals surface area contributed by atoms with E-state index in [1.54, 1.807) is 25.5 Å². The number of amides is 1. The Morgan fingerprint density at radius 1 is 1.25 bits per heavy atom. The van der Waals surface area contributed by atoms with Gasteiger partial charge in [-0.05, 0) is 24.3 Å². The van der Waals surface area contributed by atoms with Crippen LogP contribution in [0.5, 0.6) is 0 Å². The lowest BCUT2D eigenvalue weighted by Crippen LogP contribution is -2.27. The summed E-state index contributed by atoms with van der Waals surface area (Å²) >= 11 is 6.01. The van der Waals surface area contributed by atoms with E-state index in [1.807, 2.05) is 28.8 Å². The number of benzene rings is 2. The third-order valence-corrected chi connectivity index (χ3v) is 4.33. The maximum atomic E-state index is 13.8. The summed E-state index contributed by atoms with van der Waals surface area (Å²) in [4.78, 5) is 18.1. The number of halogens is 2. The molecule has 0 fully saturated rings. The molecule has 3 rings (SSSR count). The summed E-state index contributed by atoms with van der Waals surface area (Å²) < 4.78 is 15.8.